The van der Waals surface area contributed by atoms with E-state index in [1.54, 1.807) is 0 Å². The largest absolute Gasteiger partial charge is 0.405 e. The monoisotopic (exact) mass is 238 g/mol. The second-order valence-electron chi connectivity index (χ2n) is 4.32. The molecular formula is C10H17F3N2O. The van der Waals surface area contributed by atoms with Gasteiger partial charge in [0, 0.05) is 26.2 Å². The molecule has 2 saturated heterocycles. The standard InChI is InChI=1S/C10H17F3N2O/c11-10(12,13)8-7-14-4-5-15(8)9-3-1-2-6-16-9/h8-9,14H,1-7H2. The van der Waals surface area contributed by atoms with Crippen LogP contribution in [0, 0.1) is 0 Å². The highest BCUT2D eigenvalue weighted by Gasteiger charge is 2.47. The van der Waals surface area contributed by atoms with Crippen molar-refractivity contribution in [2.24, 2.45) is 0 Å². The van der Waals surface area contributed by atoms with Gasteiger partial charge >= 0.3 is 6.18 Å². The summed E-state index contributed by atoms with van der Waals surface area (Å²) in [6.07, 6.45) is -1.89. The fourth-order valence-corrected chi connectivity index (χ4v) is 2.35. The molecule has 2 aliphatic rings. The van der Waals surface area contributed by atoms with E-state index in [1.807, 2.05) is 0 Å². The van der Waals surface area contributed by atoms with Crippen molar-refractivity contribution in [2.75, 3.05) is 26.2 Å². The molecule has 2 rings (SSSR count). The van der Waals surface area contributed by atoms with Crippen LogP contribution in [0.1, 0.15) is 19.3 Å². The molecule has 16 heavy (non-hydrogen) atoms. The van der Waals surface area contributed by atoms with Gasteiger partial charge in [-0.3, -0.25) is 4.90 Å². The lowest BCUT2D eigenvalue weighted by atomic mass is 10.1. The molecule has 0 amide bonds. The number of alkyl halides is 3. The Morgan fingerprint density at radius 3 is 2.69 bits per heavy atom. The summed E-state index contributed by atoms with van der Waals surface area (Å²) in [5.74, 6) is 0. The number of halogens is 3. The second-order valence-corrected chi connectivity index (χ2v) is 4.32. The van der Waals surface area contributed by atoms with Crippen LogP contribution in [0.5, 0.6) is 0 Å². The Morgan fingerprint density at radius 1 is 1.25 bits per heavy atom. The van der Waals surface area contributed by atoms with Crippen LogP contribution in [-0.2, 0) is 4.74 Å². The summed E-state index contributed by atoms with van der Waals surface area (Å²) in [4.78, 5) is 1.47. The fraction of sp³-hybridized carbons (Fsp3) is 1.00. The molecule has 2 unspecified atom stereocenters. The minimum Gasteiger partial charge on any atom is -0.363 e. The maximum Gasteiger partial charge on any atom is 0.405 e. The highest BCUT2D eigenvalue weighted by Crippen LogP contribution is 2.29. The van der Waals surface area contributed by atoms with Crippen molar-refractivity contribution in [3.05, 3.63) is 0 Å². The van der Waals surface area contributed by atoms with Crippen molar-refractivity contribution in [1.82, 2.24) is 10.2 Å². The Labute approximate surface area is 92.9 Å². The molecule has 3 nitrogen and oxygen atoms in total. The molecule has 1 N–H and O–H groups in total. The number of ether oxygens (including phenoxy) is 1. The van der Waals surface area contributed by atoms with E-state index >= 15 is 0 Å². The highest BCUT2D eigenvalue weighted by atomic mass is 19.4. The summed E-state index contributed by atoms with van der Waals surface area (Å²) in [5, 5.41) is 2.79. The van der Waals surface area contributed by atoms with Gasteiger partial charge in [-0.1, -0.05) is 0 Å². The van der Waals surface area contributed by atoms with Gasteiger partial charge in [0.25, 0.3) is 0 Å². The van der Waals surface area contributed by atoms with Crippen LogP contribution in [0.3, 0.4) is 0 Å². The Bertz CT molecular complexity index is 229. The summed E-state index contributed by atoms with van der Waals surface area (Å²) < 4.78 is 43.9. The van der Waals surface area contributed by atoms with E-state index in [-0.39, 0.29) is 12.8 Å². The highest BCUT2D eigenvalue weighted by molar-refractivity contribution is 4.87. The molecule has 2 atom stereocenters. The molecule has 6 heteroatoms. The third-order valence-electron chi connectivity index (χ3n) is 3.19. The van der Waals surface area contributed by atoms with Gasteiger partial charge in [0.1, 0.15) is 12.3 Å². The molecule has 0 aromatic rings. The maximum atomic E-state index is 12.8. The van der Waals surface area contributed by atoms with Gasteiger partial charge in [-0.15, -0.1) is 0 Å². The molecule has 2 heterocycles. The molecule has 94 valence electrons. The van der Waals surface area contributed by atoms with Gasteiger partial charge in [0.15, 0.2) is 0 Å². The van der Waals surface area contributed by atoms with Crippen molar-refractivity contribution in [2.45, 2.75) is 37.7 Å². The van der Waals surface area contributed by atoms with E-state index in [9.17, 15) is 13.2 Å². The number of rotatable bonds is 1. The van der Waals surface area contributed by atoms with E-state index in [0.717, 1.165) is 12.8 Å². The van der Waals surface area contributed by atoms with Crippen LogP contribution >= 0.6 is 0 Å². The Balaban J connectivity index is 2.03. The van der Waals surface area contributed by atoms with Gasteiger partial charge in [-0.2, -0.15) is 13.2 Å². The van der Waals surface area contributed by atoms with Crippen molar-refractivity contribution < 1.29 is 17.9 Å². The zero-order valence-electron chi connectivity index (χ0n) is 9.09. The third kappa shape index (κ3) is 2.67. The van der Waals surface area contributed by atoms with E-state index < -0.39 is 12.2 Å². The van der Waals surface area contributed by atoms with Gasteiger partial charge in [0.05, 0.1) is 0 Å². The lowest BCUT2D eigenvalue weighted by Gasteiger charge is -2.42. The fourth-order valence-electron chi connectivity index (χ4n) is 2.35. The van der Waals surface area contributed by atoms with Crippen LogP contribution in [0.25, 0.3) is 0 Å². The average molecular weight is 238 g/mol. The molecule has 0 aliphatic carbocycles. The normalized spacial score (nSPS) is 33.9. The predicted molar refractivity (Wildman–Crippen MR) is 53.0 cm³/mol. The molecule has 2 aliphatic heterocycles. The topological polar surface area (TPSA) is 24.5 Å². The molecule has 0 saturated carbocycles. The van der Waals surface area contributed by atoms with Gasteiger partial charge in [-0.05, 0) is 19.3 Å². The number of hydrogen-bond donors (Lipinski definition) is 1. The van der Waals surface area contributed by atoms with Crippen molar-refractivity contribution >= 4 is 0 Å². The summed E-state index contributed by atoms with van der Waals surface area (Å²) in [6, 6.07) is -1.40. The summed E-state index contributed by atoms with van der Waals surface area (Å²) in [6.45, 7) is 1.57. The molecule has 0 aromatic carbocycles. The summed E-state index contributed by atoms with van der Waals surface area (Å²) >= 11 is 0. The van der Waals surface area contributed by atoms with Crippen molar-refractivity contribution in [3.8, 4) is 0 Å². The van der Waals surface area contributed by atoms with E-state index in [0.29, 0.717) is 26.1 Å². The zero-order valence-corrected chi connectivity index (χ0v) is 9.09. The molecule has 0 aromatic heterocycles. The van der Waals surface area contributed by atoms with Gasteiger partial charge in [-0.25, -0.2) is 0 Å². The first-order chi connectivity index (χ1) is 7.59. The maximum absolute atomic E-state index is 12.8. The van der Waals surface area contributed by atoms with Crippen LogP contribution < -0.4 is 5.32 Å². The zero-order chi connectivity index (χ0) is 11.6. The van der Waals surface area contributed by atoms with Gasteiger partial charge in [0.2, 0.25) is 0 Å². The molecule has 0 spiro atoms. The smallest absolute Gasteiger partial charge is 0.363 e. The van der Waals surface area contributed by atoms with Crippen LogP contribution in [-0.4, -0.2) is 49.6 Å². The molecular weight excluding hydrogens is 221 g/mol. The lowest BCUT2D eigenvalue weighted by molar-refractivity contribution is -0.221. The van der Waals surface area contributed by atoms with Crippen LogP contribution in [0.4, 0.5) is 13.2 Å². The number of hydrogen-bond acceptors (Lipinski definition) is 3. The first kappa shape index (κ1) is 12.1. The molecule has 2 fully saturated rings. The number of nitrogens with zero attached hydrogens (tertiary/aromatic N) is 1. The number of nitrogens with one attached hydrogen (secondary N) is 1. The Kier molecular flexibility index (Phi) is 3.71. The third-order valence-corrected chi connectivity index (χ3v) is 3.19. The van der Waals surface area contributed by atoms with E-state index in [1.165, 1.54) is 4.90 Å². The Morgan fingerprint density at radius 2 is 2.06 bits per heavy atom. The minimum absolute atomic E-state index is 0.0244. The van der Waals surface area contributed by atoms with Crippen molar-refractivity contribution in [1.29, 1.82) is 0 Å². The second kappa shape index (κ2) is 4.89. The SMILES string of the molecule is FC(F)(F)C1CNCCN1C1CCCCO1. The molecule has 0 radical (unpaired) electrons. The molecule has 0 bridgehead atoms. The lowest BCUT2D eigenvalue weighted by Crippen LogP contribution is -2.61. The number of piperazine rings is 1. The average Bonchev–Trinajstić information content (AvgIpc) is 2.29. The summed E-state index contributed by atoms with van der Waals surface area (Å²) in [7, 11) is 0. The first-order valence-electron chi connectivity index (χ1n) is 5.74. The summed E-state index contributed by atoms with van der Waals surface area (Å²) in [5.41, 5.74) is 0. The van der Waals surface area contributed by atoms with Crippen molar-refractivity contribution in [3.63, 3.8) is 0 Å². The van der Waals surface area contributed by atoms with E-state index in [2.05, 4.69) is 5.32 Å². The van der Waals surface area contributed by atoms with Crippen LogP contribution in [0.2, 0.25) is 0 Å². The predicted octanol–water partition coefficient (Wildman–Crippen LogP) is 1.35. The first-order valence-corrected chi connectivity index (χ1v) is 5.74. The Hall–Kier alpha value is -0.330. The van der Waals surface area contributed by atoms with E-state index in [4.69, 9.17) is 4.74 Å². The van der Waals surface area contributed by atoms with Crippen LogP contribution in [0.15, 0.2) is 0 Å². The quantitative estimate of drug-likeness (QED) is 0.746. The van der Waals surface area contributed by atoms with Gasteiger partial charge < -0.3 is 10.1 Å². The minimum atomic E-state index is -4.17.